The average molecular weight is 383 g/mol. The Hall–Kier alpha value is -3.00. The van der Waals surface area contributed by atoms with Gasteiger partial charge in [-0.2, -0.15) is 5.10 Å². The van der Waals surface area contributed by atoms with Crippen LogP contribution in [0, 0.1) is 6.92 Å². The van der Waals surface area contributed by atoms with E-state index in [0.717, 1.165) is 22.9 Å². The molecule has 0 radical (unpaired) electrons. The van der Waals surface area contributed by atoms with Gasteiger partial charge in [-0.15, -0.1) is 0 Å². The predicted octanol–water partition coefficient (Wildman–Crippen LogP) is 2.54. The Morgan fingerprint density at radius 2 is 1.96 bits per heavy atom. The maximum Gasteiger partial charge on any atom is 0.266 e. The number of rotatable bonds is 7. The van der Waals surface area contributed by atoms with Gasteiger partial charge in [0.15, 0.2) is 5.13 Å². The van der Waals surface area contributed by atoms with Crippen LogP contribution < -0.4 is 16.2 Å². The van der Waals surface area contributed by atoms with E-state index in [-0.39, 0.29) is 11.5 Å². The highest BCUT2D eigenvalue weighted by Gasteiger charge is 2.14. The molecule has 0 saturated carbocycles. The van der Waals surface area contributed by atoms with Gasteiger partial charge in [-0.1, -0.05) is 41.7 Å². The molecule has 0 saturated heterocycles. The molecular formula is C19H21N5O2S. The molecule has 0 aliphatic carbocycles. The standard InChI is InChI=1S/C19H21N5O2S/c1-3-20-19-22-13(2)17(27-19)18(26)21-11-12-24-16(25)10-9-15(23-24)14-7-5-4-6-8-14/h4-10H,3,11-12H2,1-2H3,(H,20,22)(H,21,26). The summed E-state index contributed by atoms with van der Waals surface area (Å²) >= 11 is 1.32. The van der Waals surface area contributed by atoms with Crippen LogP contribution >= 0.6 is 11.3 Å². The van der Waals surface area contributed by atoms with Crippen molar-refractivity contribution in [3.63, 3.8) is 0 Å². The van der Waals surface area contributed by atoms with Gasteiger partial charge in [0, 0.05) is 24.7 Å². The molecule has 7 nitrogen and oxygen atoms in total. The summed E-state index contributed by atoms with van der Waals surface area (Å²) in [7, 11) is 0. The highest BCUT2D eigenvalue weighted by Crippen LogP contribution is 2.22. The molecule has 0 spiro atoms. The number of nitrogens with zero attached hydrogens (tertiary/aromatic N) is 3. The average Bonchev–Trinajstić information content (AvgIpc) is 3.04. The minimum Gasteiger partial charge on any atom is -0.362 e. The van der Waals surface area contributed by atoms with Gasteiger partial charge in [-0.05, 0) is 19.9 Å². The molecule has 2 aromatic heterocycles. The number of carbonyl (C=O) groups excluding carboxylic acids is 1. The lowest BCUT2D eigenvalue weighted by molar-refractivity contribution is 0.0955. The number of amides is 1. The second-order valence-electron chi connectivity index (χ2n) is 5.87. The first kappa shape index (κ1) is 18.8. The molecule has 140 valence electrons. The molecule has 2 N–H and O–H groups in total. The summed E-state index contributed by atoms with van der Waals surface area (Å²) in [6.45, 7) is 5.13. The van der Waals surface area contributed by atoms with E-state index in [2.05, 4.69) is 20.7 Å². The van der Waals surface area contributed by atoms with Crippen molar-refractivity contribution >= 4 is 22.4 Å². The number of hydrogen-bond acceptors (Lipinski definition) is 6. The summed E-state index contributed by atoms with van der Waals surface area (Å²) in [6, 6.07) is 12.8. The number of thiazole rings is 1. The maximum absolute atomic E-state index is 12.4. The van der Waals surface area contributed by atoms with Crippen LogP contribution in [0.5, 0.6) is 0 Å². The smallest absolute Gasteiger partial charge is 0.266 e. The molecule has 1 aromatic carbocycles. The Bertz CT molecular complexity index is 981. The van der Waals surface area contributed by atoms with Gasteiger partial charge in [0.05, 0.1) is 17.9 Å². The largest absolute Gasteiger partial charge is 0.362 e. The molecule has 1 amide bonds. The highest BCUT2D eigenvalue weighted by molar-refractivity contribution is 7.17. The monoisotopic (exact) mass is 383 g/mol. The Morgan fingerprint density at radius 1 is 1.19 bits per heavy atom. The van der Waals surface area contributed by atoms with Gasteiger partial charge in [0.2, 0.25) is 0 Å². The fourth-order valence-corrected chi connectivity index (χ4v) is 3.51. The first-order chi connectivity index (χ1) is 13.1. The Morgan fingerprint density at radius 3 is 2.70 bits per heavy atom. The molecule has 0 bridgehead atoms. The van der Waals surface area contributed by atoms with Gasteiger partial charge in [-0.25, -0.2) is 9.67 Å². The van der Waals surface area contributed by atoms with E-state index in [0.29, 0.717) is 23.7 Å². The number of anilines is 1. The molecule has 27 heavy (non-hydrogen) atoms. The number of nitrogens with one attached hydrogen (secondary N) is 2. The second kappa shape index (κ2) is 8.59. The van der Waals surface area contributed by atoms with Crippen molar-refractivity contribution in [1.82, 2.24) is 20.1 Å². The normalized spacial score (nSPS) is 10.6. The third kappa shape index (κ3) is 4.59. The Kier molecular flexibility index (Phi) is 5.97. The van der Waals surface area contributed by atoms with E-state index < -0.39 is 0 Å². The molecule has 0 aliphatic rings. The number of aromatic nitrogens is 3. The van der Waals surface area contributed by atoms with Crippen LogP contribution in [0.4, 0.5) is 5.13 Å². The third-order valence-corrected chi connectivity index (χ3v) is 4.99. The van der Waals surface area contributed by atoms with Gasteiger partial charge in [0.1, 0.15) is 4.88 Å². The lowest BCUT2D eigenvalue weighted by Crippen LogP contribution is -2.31. The van der Waals surface area contributed by atoms with Gasteiger partial charge < -0.3 is 10.6 Å². The second-order valence-corrected chi connectivity index (χ2v) is 6.86. The van der Waals surface area contributed by atoms with E-state index >= 15 is 0 Å². The highest BCUT2D eigenvalue weighted by atomic mass is 32.1. The fraction of sp³-hybridized carbons (Fsp3) is 0.263. The van der Waals surface area contributed by atoms with E-state index in [1.807, 2.05) is 44.2 Å². The zero-order valence-corrected chi connectivity index (χ0v) is 16.0. The first-order valence-electron chi connectivity index (χ1n) is 8.71. The molecule has 0 fully saturated rings. The third-order valence-electron chi connectivity index (χ3n) is 3.88. The summed E-state index contributed by atoms with van der Waals surface area (Å²) < 4.78 is 1.37. The molecule has 3 rings (SSSR count). The van der Waals surface area contributed by atoms with Crippen LogP contribution in [0.25, 0.3) is 11.3 Å². The number of hydrogen-bond donors (Lipinski definition) is 2. The SMILES string of the molecule is CCNc1nc(C)c(C(=O)NCCn2nc(-c3ccccc3)ccc2=O)s1. The first-order valence-corrected chi connectivity index (χ1v) is 9.53. The van der Waals surface area contributed by atoms with Crippen LogP contribution in [0.3, 0.4) is 0 Å². The summed E-state index contributed by atoms with van der Waals surface area (Å²) in [5.41, 5.74) is 2.14. The molecule has 3 aromatic rings. The van der Waals surface area contributed by atoms with Crippen molar-refractivity contribution in [2.45, 2.75) is 20.4 Å². The van der Waals surface area contributed by atoms with Crippen molar-refractivity contribution in [3.05, 3.63) is 63.4 Å². The fourth-order valence-electron chi connectivity index (χ4n) is 2.56. The molecular weight excluding hydrogens is 362 g/mol. The summed E-state index contributed by atoms with van der Waals surface area (Å²) in [6.07, 6.45) is 0. The zero-order chi connectivity index (χ0) is 19.2. The molecule has 0 aliphatic heterocycles. The van der Waals surface area contributed by atoms with Crippen LogP contribution in [-0.4, -0.2) is 33.8 Å². The number of benzene rings is 1. The topological polar surface area (TPSA) is 88.9 Å². The van der Waals surface area contributed by atoms with Crippen LogP contribution in [0.1, 0.15) is 22.3 Å². The molecule has 0 unspecified atom stereocenters. The van der Waals surface area contributed by atoms with E-state index in [4.69, 9.17) is 0 Å². The van der Waals surface area contributed by atoms with E-state index in [1.165, 1.54) is 22.1 Å². The lowest BCUT2D eigenvalue weighted by Gasteiger charge is -2.08. The zero-order valence-electron chi connectivity index (χ0n) is 15.2. The minimum atomic E-state index is -0.202. The maximum atomic E-state index is 12.4. The van der Waals surface area contributed by atoms with Crippen LogP contribution in [0.15, 0.2) is 47.3 Å². The van der Waals surface area contributed by atoms with Crippen LogP contribution in [0.2, 0.25) is 0 Å². The predicted molar refractivity (Wildman–Crippen MR) is 107 cm³/mol. The van der Waals surface area contributed by atoms with Crippen molar-refractivity contribution in [2.75, 3.05) is 18.4 Å². The van der Waals surface area contributed by atoms with Crippen molar-refractivity contribution in [2.24, 2.45) is 0 Å². The quantitative estimate of drug-likeness (QED) is 0.654. The molecule has 8 heteroatoms. The number of aryl methyl sites for hydroxylation is 1. The van der Waals surface area contributed by atoms with E-state index in [9.17, 15) is 9.59 Å². The summed E-state index contributed by atoms with van der Waals surface area (Å²) in [5, 5.41) is 11.1. The Balaban J connectivity index is 1.65. The van der Waals surface area contributed by atoms with Crippen LogP contribution in [-0.2, 0) is 6.54 Å². The van der Waals surface area contributed by atoms with Gasteiger partial charge in [0.25, 0.3) is 11.5 Å². The van der Waals surface area contributed by atoms with E-state index in [1.54, 1.807) is 6.07 Å². The number of carbonyl (C=O) groups is 1. The Labute approximate surface area is 161 Å². The summed E-state index contributed by atoms with van der Waals surface area (Å²) in [4.78, 5) is 29.3. The van der Waals surface area contributed by atoms with Gasteiger partial charge in [-0.3, -0.25) is 9.59 Å². The van der Waals surface area contributed by atoms with Gasteiger partial charge >= 0.3 is 0 Å². The van der Waals surface area contributed by atoms with Crippen molar-refractivity contribution in [1.29, 1.82) is 0 Å². The summed E-state index contributed by atoms with van der Waals surface area (Å²) in [5.74, 6) is -0.193. The molecule has 2 heterocycles. The lowest BCUT2D eigenvalue weighted by atomic mass is 10.1. The van der Waals surface area contributed by atoms with Crippen molar-refractivity contribution in [3.8, 4) is 11.3 Å². The van der Waals surface area contributed by atoms with Crippen molar-refractivity contribution < 1.29 is 4.79 Å². The minimum absolute atomic E-state index is 0.193. The molecule has 0 atom stereocenters.